The van der Waals surface area contributed by atoms with Crippen molar-refractivity contribution in [3.05, 3.63) is 29.8 Å². The molecule has 0 heterocycles. The van der Waals surface area contributed by atoms with Crippen LogP contribution in [0.1, 0.15) is 12.5 Å². The van der Waals surface area contributed by atoms with Crippen LogP contribution in [-0.4, -0.2) is 22.2 Å². The number of rotatable bonds is 4. The SMILES string of the molecule is Cc1cccc(OC(=O)NC(S)C(Cl)C(C)Cl)c1. The van der Waals surface area contributed by atoms with Crippen LogP contribution in [-0.2, 0) is 0 Å². The van der Waals surface area contributed by atoms with Crippen molar-refractivity contribution in [1.29, 1.82) is 0 Å². The van der Waals surface area contributed by atoms with E-state index < -0.39 is 16.8 Å². The van der Waals surface area contributed by atoms with Gasteiger partial charge >= 0.3 is 6.09 Å². The smallest absolute Gasteiger partial charge is 0.410 e. The van der Waals surface area contributed by atoms with Crippen molar-refractivity contribution in [2.24, 2.45) is 0 Å². The molecule has 1 rings (SSSR count). The van der Waals surface area contributed by atoms with E-state index in [1.165, 1.54) is 0 Å². The summed E-state index contributed by atoms with van der Waals surface area (Å²) in [5.41, 5.74) is 1.01. The molecule has 3 nitrogen and oxygen atoms in total. The number of carbonyl (C=O) groups excluding carboxylic acids is 1. The second kappa shape index (κ2) is 7.12. The maximum atomic E-state index is 11.6. The monoisotopic (exact) mass is 307 g/mol. The Morgan fingerprint density at radius 3 is 2.67 bits per heavy atom. The molecule has 0 saturated carbocycles. The van der Waals surface area contributed by atoms with Gasteiger partial charge in [-0.3, -0.25) is 0 Å². The fourth-order valence-corrected chi connectivity index (χ4v) is 1.94. The first kappa shape index (κ1) is 15.5. The van der Waals surface area contributed by atoms with Crippen molar-refractivity contribution < 1.29 is 9.53 Å². The summed E-state index contributed by atoms with van der Waals surface area (Å²) in [4.78, 5) is 11.6. The molecule has 3 unspecified atom stereocenters. The highest BCUT2D eigenvalue weighted by atomic mass is 35.5. The number of hydrogen-bond acceptors (Lipinski definition) is 3. The molecule has 3 atom stereocenters. The van der Waals surface area contributed by atoms with Crippen molar-refractivity contribution in [3.8, 4) is 5.75 Å². The van der Waals surface area contributed by atoms with Gasteiger partial charge in [0.2, 0.25) is 0 Å². The van der Waals surface area contributed by atoms with Crippen LogP contribution < -0.4 is 10.1 Å². The zero-order valence-electron chi connectivity index (χ0n) is 10.1. The second-order valence-corrected chi connectivity index (χ2v) is 5.67. The number of amides is 1. The minimum Gasteiger partial charge on any atom is -0.410 e. The molecule has 1 amide bonds. The summed E-state index contributed by atoms with van der Waals surface area (Å²) >= 11 is 15.9. The minimum atomic E-state index is -0.608. The van der Waals surface area contributed by atoms with Gasteiger partial charge in [-0.05, 0) is 31.5 Å². The summed E-state index contributed by atoms with van der Waals surface area (Å²) in [6.07, 6.45) is -0.608. The van der Waals surface area contributed by atoms with E-state index in [9.17, 15) is 4.79 Å². The summed E-state index contributed by atoms with van der Waals surface area (Å²) in [5, 5.41) is 1.15. The van der Waals surface area contributed by atoms with Crippen LogP contribution in [0, 0.1) is 6.92 Å². The van der Waals surface area contributed by atoms with Crippen molar-refractivity contribution in [2.45, 2.75) is 30.0 Å². The topological polar surface area (TPSA) is 38.3 Å². The summed E-state index contributed by atoms with van der Waals surface area (Å²) in [6.45, 7) is 3.65. The molecule has 0 aliphatic rings. The maximum Gasteiger partial charge on any atom is 0.413 e. The lowest BCUT2D eigenvalue weighted by Gasteiger charge is -2.20. The molecule has 1 aromatic rings. The fourth-order valence-electron chi connectivity index (χ4n) is 1.27. The minimum absolute atomic E-state index is 0.312. The summed E-state index contributed by atoms with van der Waals surface area (Å²) in [5.74, 6) is 0.470. The Labute approximate surface area is 122 Å². The first-order chi connectivity index (χ1) is 8.40. The number of alkyl halides is 2. The van der Waals surface area contributed by atoms with Crippen LogP contribution in [0.15, 0.2) is 24.3 Å². The van der Waals surface area contributed by atoms with Gasteiger partial charge in [-0.1, -0.05) is 12.1 Å². The van der Waals surface area contributed by atoms with Gasteiger partial charge in [0.25, 0.3) is 0 Å². The Hall–Kier alpha value is -0.580. The Morgan fingerprint density at radius 2 is 2.11 bits per heavy atom. The third-order valence-electron chi connectivity index (χ3n) is 2.21. The lowest BCUT2D eigenvalue weighted by molar-refractivity contribution is 0.199. The number of halogens is 2. The van der Waals surface area contributed by atoms with E-state index in [-0.39, 0.29) is 5.38 Å². The maximum absolute atomic E-state index is 11.6. The van der Waals surface area contributed by atoms with E-state index in [0.717, 1.165) is 5.56 Å². The number of thiol groups is 1. The molecule has 0 aromatic heterocycles. The highest BCUT2D eigenvalue weighted by molar-refractivity contribution is 7.81. The van der Waals surface area contributed by atoms with Gasteiger partial charge < -0.3 is 10.1 Å². The molecular weight excluding hydrogens is 293 g/mol. The molecule has 0 radical (unpaired) electrons. The number of aryl methyl sites for hydroxylation is 1. The molecule has 100 valence electrons. The lowest BCUT2D eigenvalue weighted by atomic mass is 10.2. The van der Waals surface area contributed by atoms with Gasteiger partial charge in [0.1, 0.15) is 5.75 Å². The van der Waals surface area contributed by atoms with Gasteiger partial charge in [0, 0.05) is 5.38 Å². The number of nitrogens with one attached hydrogen (secondary N) is 1. The van der Waals surface area contributed by atoms with Crippen molar-refractivity contribution in [1.82, 2.24) is 5.32 Å². The number of ether oxygens (including phenoxy) is 1. The average molecular weight is 308 g/mol. The molecule has 1 N–H and O–H groups in total. The predicted octanol–water partition coefficient (Wildman–Crippen LogP) is 3.57. The number of hydrogen-bond donors (Lipinski definition) is 2. The summed E-state index contributed by atoms with van der Waals surface area (Å²) in [6, 6.07) is 7.18. The van der Waals surface area contributed by atoms with Crippen molar-refractivity contribution in [2.75, 3.05) is 0 Å². The van der Waals surface area contributed by atoms with Crippen LogP contribution in [0.4, 0.5) is 4.79 Å². The lowest BCUT2D eigenvalue weighted by Crippen LogP contribution is -2.41. The van der Waals surface area contributed by atoms with E-state index in [0.29, 0.717) is 5.75 Å². The molecule has 0 aliphatic carbocycles. The average Bonchev–Trinajstić information content (AvgIpc) is 2.27. The van der Waals surface area contributed by atoms with Gasteiger partial charge in [-0.25, -0.2) is 4.79 Å². The van der Waals surface area contributed by atoms with E-state index in [4.69, 9.17) is 27.9 Å². The third kappa shape index (κ3) is 4.96. The van der Waals surface area contributed by atoms with Crippen LogP contribution in [0.3, 0.4) is 0 Å². The summed E-state index contributed by atoms with van der Waals surface area (Å²) < 4.78 is 5.10. The van der Waals surface area contributed by atoms with E-state index in [1.807, 2.05) is 13.0 Å². The van der Waals surface area contributed by atoms with Gasteiger partial charge in [-0.2, -0.15) is 12.6 Å². The molecule has 0 fully saturated rings. The fraction of sp³-hybridized carbons (Fsp3) is 0.417. The molecule has 18 heavy (non-hydrogen) atoms. The first-order valence-electron chi connectivity index (χ1n) is 5.41. The normalized spacial score (nSPS) is 15.6. The standard InChI is InChI=1S/C12H15Cl2NO2S/c1-7-4-3-5-9(6-7)17-12(16)15-11(18)10(14)8(2)13/h3-6,8,10-11,18H,1-2H3,(H,15,16). The third-order valence-corrected chi connectivity index (χ3v) is 3.86. The molecule has 0 spiro atoms. The predicted molar refractivity (Wildman–Crippen MR) is 78.1 cm³/mol. The number of benzene rings is 1. The molecule has 0 aliphatic heterocycles. The zero-order chi connectivity index (χ0) is 13.7. The molecular formula is C12H15Cl2NO2S. The Balaban J connectivity index is 2.52. The largest absolute Gasteiger partial charge is 0.413 e. The Bertz CT molecular complexity index is 415. The van der Waals surface area contributed by atoms with Crippen LogP contribution in [0.25, 0.3) is 0 Å². The highest BCUT2D eigenvalue weighted by Gasteiger charge is 2.22. The van der Waals surface area contributed by atoms with Crippen LogP contribution >= 0.6 is 35.8 Å². The van der Waals surface area contributed by atoms with E-state index in [1.54, 1.807) is 25.1 Å². The Kier molecular flexibility index (Phi) is 6.12. The van der Waals surface area contributed by atoms with E-state index >= 15 is 0 Å². The zero-order valence-corrected chi connectivity index (χ0v) is 12.5. The number of carbonyl (C=O) groups is 1. The molecule has 6 heteroatoms. The quantitative estimate of drug-likeness (QED) is 0.507. The van der Waals surface area contributed by atoms with Crippen LogP contribution in [0.5, 0.6) is 5.75 Å². The Morgan fingerprint density at radius 1 is 1.44 bits per heavy atom. The van der Waals surface area contributed by atoms with E-state index in [2.05, 4.69) is 17.9 Å². The van der Waals surface area contributed by atoms with Gasteiger partial charge in [-0.15, -0.1) is 23.2 Å². The second-order valence-electron chi connectivity index (χ2n) is 3.92. The van der Waals surface area contributed by atoms with Gasteiger partial charge in [0.15, 0.2) is 0 Å². The highest BCUT2D eigenvalue weighted by Crippen LogP contribution is 2.17. The molecule has 1 aromatic carbocycles. The summed E-state index contributed by atoms with van der Waals surface area (Å²) in [7, 11) is 0. The van der Waals surface area contributed by atoms with Crippen molar-refractivity contribution >= 4 is 41.9 Å². The van der Waals surface area contributed by atoms with Crippen molar-refractivity contribution in [3.63, 3.8) is 0 Å². The van der Waals surface area contributed by atoms with Gasteiger partial charge in [0.05, 0.1) is 10.8 Å². The molecule has 0 saturated heterocycles. The molecule has 0 bridgehead atoms. The first-order valence-corrected chi connectivity index (χ1v) is 6.80. The van der Waals surface area contributed by atoms with Crippen LogP contribution in [0.2, 0.25) is 0 Å².